The van der Waals surface area contributed by atoms with Crippen LogP contribution in [0.15, 0.2) is 38.6 Å². The highest BCUT2D eigenvalue weighted by Gasteiger charge is 2.18. The zero-order valence-corrected chi connectivity index (χ0v) is 11.4. The topological polar surface area (TPSA) is 59.1 Å². The number of nitrogens with one attached hydrogen (secondary N) is 1. The fourth-order valence-electron chi connectivity index (χ4n) is 1.10. The molecule has 0 amide bonds. The second-order valence-corrected chi connectivity index (χ2v) is 7.39. The zero-order chi connectivity index (χ0) is 12.5. The summed E-state index contributed by atoms with van der Waals surface area (Å²) in [5.74, 6) is -0.716. The van der Waals surface area contributed by atoms with E-state index in [1.807, 2.05) is 0 Å². The highest BCUT2D eigenvalue weighted by molar-refractivity contribution is 9.11. The smallest absolute Gasteiger partial charge is 0.271 e. The third-order valence-corrected chi connectivity index (χ3v) is 5.31. The predicted molar refractivity (Wildman–Crippen MR) is 67.0 cm³/mol. The van der Waals surface area contributed by atoms with Gasteiger partial charge >= 0.3 is 0 Å². The summed E-state index contributed by atoms with van der Waals surface area (Å²) >= 11 is 4.21. The number of nitrogens with zero attached hydrogens (tertiary/aromatic N) is 1. The standard InChI is InChI=1S/C9H6BrFN2O2S2/c10-8-1-2-9(16-8)17(14,15)13-7-3-4-12-5-6(7)11/h1-5H,(H,12,13). The Kier molecular flexibility index (Phi) is 3.45. The van der Waals surface area contributed by atoms with Crippen LogP contribution in [0.1, 0.15) is 0 Å². The Balaban J connectivity index is 2.33. The average molecular weight is 337 g/mol. The van der Waals surface area contributed by atoms with Crippen molar-refractivity contribution < 1.29 is 12.8 Å². The quantitative estimate of drug-likeness (QED) is 0.937. The Bertz CT molecular complexity index is 642. The average Bonchev–Trinajstić information content (AvgIpc) is 2.69. The number of aromatic nitrogens is 1. The van der Waals surface area contributed by atoms with Crippen molar-refractivity contribution in [2.24, 2.45) is 0 Å². The van der Waals surface area contributed by atoms with Gasteiger partial charge in [0.05, 0.1) is 15.7 Å². The largest absolute Gasteiger partial charge is 0.276 e. The van der Waals surface area contributed by atoms with E-state index in [9.17, 15) is 12.8 Å². The molecule has 17 heavy (non-hydrogen) atoms. The van der Waals surface area contributed by atoms with E-state index in [0.717, 1.165) is 17.5 Å². The maximum absolute atomic E-state index is 13.2. The lowest BCUT2D eigenvalue weighted by Gasteiger charge is -2.06. The molecule has 4 nitrogen and oxygen atoms in total. The maximum atomic E-state index is 13.2. The van der Waals surface area contributed by atoms with Crippen molar-refractivity contribution in [1.29, 1.82) is 0 Å². The van der Waals surface area contributed by atoms with E-state index in [0.29, 0.717) is 3.79 Å². The molecule has 0 aromatic carbocycles. The van der Waals surface area contributed by atoms with Gasteiger partial charge in [0.15, 0.2) is 5.82 Å². The van der Waals surface area contributed by atoms with E-state index in [1.54, 1.807) is 6.07 Å². The van der Waals surface area contributed by atoms with Gasteiger partial charge in [0, 0.05) is 6.20 Å². The Morgan fingerprint density at radius 3 is 2.71 bits per heavy atom. The minimum Gasteiger partial charge on any atom is -0.276 e. The third-order valence-electron chi connectivity index (χ3n) is 1.83. The van der Waals surface area contributed by atoms with Crippen molar-refractivity contribution in [3.05, 3.63) is 40.2 Å². The van der Waals surface area contributed by atoms with Crippen LogP contribution in [0, 0.1) is 5.82 Å². The van der Waals surface area contributed by atoms with Crippen molar-refractivity contribution in [1.82, 2.24) is 4.98 Å². The fraction of sp³-hybridized carbons (Fsp3) is 0. The molecule has 1 N–H and O–H groups in total. The molecule has 0 radical (unpaired) electrons. The van der Waals surface area contributed by atoms with Gasteiger partial charge in [-0.05, 0) is 34.1 Å². The van der Waals surface area contributed by atoms with Gasteiger partial charge in [0.25, 0.3) is 10.0 Å². The number of thiophene rings is 1. The molecule has 0 aliphatic carbocycles. The van der Waals surface area contributed by atoms with Crippen LogP contribution in [-0.4, -0.2) is 13.4 Å². The molecule has 8 heteroatoms. The summed E-state index contributed by atoms with van der Waals surface area (Å²) in [4.78, 5) is 3.54. The van der Waals surface area contributed by atoms with Crippen molar-refractivity contribution in [3.8, 4) is 0 Å². The molecule has 2 heterocycles. The van der Waals surface area contributed by atoms with E-state index < -0.39 is 15.8 Å². The number of sulfonamides is 1. The molecule has 2 rings (SSSR count). The molecule has 0 fully saturated rings. The molecule has 0 atom stereocenters. The number of pyridine rings is 1. The number of anilines is 1. The third kappa shape index (κ3) is 2.82. The van der Waals surface area contributed by atoms with Crippen molar-refractivity contribution in [2.45, 2.75) is 4.21 Å². The van der Waals surface area contributed by atoms with Crippen LogP contribution in [0.2, 0.25) is 0 Å². The van der Waals surface area contributed by atoms with Gasteiger partial charge in [-0.3, -0.25) is 9.71 Å². The SMILES string of the molecule is O=S(=O)(Nc1ccncc1F)c1ccc(Br)s1. The number of hydrogen-bond acceptors (Lipinski definition) is 4. The lowest BCUT2D eigenvalue weighted by atomic mass is 10.4. The molecule has 0 spiro atoms. The van der Waals surface area contributed by atoms with Crippen LogP contribution in [0.4, 0.5) is 10.1 Å². The van der Waals surface area contributed by atoms with Crippen LogP contribution in [0.5, 0.6) is 0 Å². The Hall–Kier alpha value is -0.990. The van der Waals surface area contributed by atoms with E-state index >= 15 is 0 Å². The van der Waals surface area contributed by atoms with Gasteiger partial charge in [-0.25, -0.2) is 12.8 Å². The molecule has 0 aliphatic heterocycles. The van der Waals surface area contributed by atoms with E-state index in [4.69, 9.17) is 0 Å². The Labute approximate surface area is 110 Å². The first-order valence-electron chi connectivity index (χ1n) is 4.37. The summed E-state index contributed by atoms with van der Waals surface area (Å²) in [6.45, 7) is 0. The molecule has 0 saturated carbocycles. The van der Waals surface area contributed by atoms with Crippen molar-refractivity contribution in [2.75, 3.05) is 4.72 Å². The van der Waals surface area contributed by atoms with Crippen LogP contribution in [0.3, 0.4) is 0 Å². The van der Waals surface area contributed by atoms with Crippen molar-refractivity contribution in [3.63, 3.8) is 0 Å². The summed E-state index contributed by atoms with van der Waals surface area (Å²) in [6, 6.07) is 4.31. The highest BCUT2D eigenvalue weighted by atomic mass is 79.9. The van der Waals surface area contributed by atoms with Gasteiger partial charge in [-0.1, -0.05) is 0 Å². The molecule has 2 aromatic heterocycles. The van der Waals surface area contributed by atoms with E-state index in [1.165, 1.54) is 18.3 Å². The van der Waals surface area contributed by atoms with Gasteiger partial charge < -0.3 is 0 Å². The molecule has 0 aliphatic rings. The summed E-state index contributed by atoms with van der Waals surface area (Å²) in [6.07, 6.45) is 2.26. The van der Waals surface area contributed by atoms with Crippen molar-refractivity contribution >= 4 is 43.0 Å². The molecule has 0 unspecified atom stereocenters. The van der Waals surface area contributed by atoms with Crippen LogP contribution in [-0.2, 0) is 10.0 Å². The number of hydrogen-bond donors (Lipinski definition) is 1. The number of rotatable bonds is 3. The van der Waals surface area contributed by atoms with E-state index in [2.05, 4.69) is 25.6 Å². The van der Waals surface area contributed by atoms with E-state index in [-0.39, 0.29) is 9.90 Å². The second-order valence-electron chi connectivity index (χ2n) is 3.02. The second kappa shape index (κ2) is 4.71. The Morgan fingerprint density at radius 2 is 2.12 bits per heavy atom. The molecule has 0 bridgehead atoms. The highest BCUT2D eigenvalue weighted by Crippen LogP contribution is 2.27. The van der Waals surface area contributed by atoms with Crippen LogP contribution < -0.4 is 4.72 Å². The van der Waals surface area contributed by atoms with Crippen LogP contribution in [0.25, 0.3) is 0 Å². The molecule has 90 valence electrons. The number of halogens is 2. The molecular formula is C9H6BrFN2O2S2. The normalized spacial score (nSPS) is 11.4. The Morgan fingerprint density at radius 1 is 1.35 bits per heavy atom. The first kappa shape index (κ1) is 12.5. The maximum Gasteiger partial charge on any atom is 0.271 e. The van der Waals surface area contributed by atoms with Gasteiger partial charge in [-0.15, -0.1) is 11.3 Å². The minimum absolute atomic E-state index is 0.112. The summed E-state index contributed by atoms with van der Waals surface area (Å²) in [7, 11) is -3.74. The van der Waals surface area contributed by atoms with Gasteiger partial charge in [0.1, 0.15) is 4.21 Å². The molecular weight excluding hydrogens is 331 g/mol. The lowest BCUT2D eigenvalue weighted by molar-refractivity contribution is 0.599. The molecule has 2 aromatic rings. The summed E-state index contributed by atoms with van der Waals surface area (Å²) in [5.41, 5.74) is -0.121. The zero-order valence-electron chi connectivity index (χ0n) is 8.22. The predicted octanol–water partition coefficient (Wildman–Crippen LogP) is 2.85. The minimum atomic E-state index is -3.74. The fourth-order valence-corrected chi connectivity index (χ4v) is 4.17. The molecule has 0 saturated heterocycles. The lowest BCUT2D eigenvalue weighted by Crippen LogP contribution is -2.12. The summed E-state index contributed by atoms with van der Waals surface area (Å²) in [5, 5.41) is 0. The first-order chi connectivity index (χ1) is 7.99. The summed E-state index contributed by atoms with van der Waals surface area (Å²) < 4.78 is 39.9. The van der Waals surface area contributed by atoms with Gasteiger partial charge in [-0.2, -0.15) is 0 Å². The first-order valence-corrected chi connectivity index (χ1v) is 7.46. The van der Waals surface area contributed by atoms with Crippen LogP contribution >= 0.6 is 27.3 Å². The monoisotopic (exact) mass is 336 g/mol. The van der Waals surface area contributed by atoms with Gasteiger partial charge in [0.2, 0.25) is 0 Å².